The third kappa shape index (κ3) is 4.10. The number of carbonyl (C=O) groups excluding carboxylic acids is 1. The maximum atomic E-state index is 12.7. The molecule has 6 heteroatoms. The summed E-state index contributed by atoms with van der Waals surface area (Å²) in [6, 6.07) is 10.5. The summed E-state index contributed by atoms with van der Waals surface area (Å²) in [5, 5.41) is 14.5. The van der Waals surface area contributed by atoms with E-state index in [1.807, 2.05) is 32.0 Å². The van der Waals surface area contributed by atoms with Crippen LogP contribution in [-0.2, 0) is 0 Å². The number of para-hydroxylation sites is 1. The van der Waals surface area contributed by atoms with Crippen molar-refractivity contribution in [3.8, 4) is 0 Å². The molecule has 0 saturated carbocycles. The van der Waals surface area contributed by atoms with Crippen molar-refractivity contribution in [1.29, 1.82) is 0 Å². The smallest absolute Gasteiger partial charge is 0.293 e. The van der Waals surface area contributed by atoms with Crippen LogP contribution in [0.2, 0.25) is 0 Å². The van der Waals surface area contributed by atoms with Crippen LogP contribution < -0.4 is 10.2 Å². The molecule has 1 heterocycles. The van der Waals surface area contributed by atoms with Gasteiger partial charge in [0, 0.05) is 30.4 Å². The van der Waals surface area contributed by atoms with E-state index in [0.717, 1.165) is 42.7 Å². The van der Waals surface area contributed by atoms with Crippen LogP contribution in [0.15, 0.2) is 36.4 Å². The van der Waals surface area contributed by atoms with Crippen LogP contribution in [0.5, 0.6) is 0 Å². The van der Waals surface area contributed by atoms with Crippen LogP contribution in [0.1, 0.15) is 41.3 Å². The number of nitro benzene ring substituents is 1. The van der Waals surface area contributed by atoms with Crippen molar-refractivity contribution in [3.63, 3.8) is 0 Å². The average Bonchev–Trinajstić information content (AvgIpc) is 2.64. The molecular formula is C21H25N3O3. The first-order chi connectivity index (χ1) is 12.9. The lowest BCUT2D eigenvalue weighted by Gasteiger charge is -2.32. The van der Waals surface area contributed by atoms with E-state index < -0.39 is 4.92 Å². The average molecular weight is 367 g/mol. The summed E-state index contributed by atoms with van der Waals surface area (Å²) in [6.07, 6.45) is 2.16. The van der Waals surface area contributed by atoms with Crippen molar-refractivity contribution in [2.75, 3.05) is 23.3 Å². The molecule has 1 unspecified atom stereocenters. The van der Waals surface area contributed by atoms with E-state index in [2.05, 4.69) is 17.1 Å². The number of hydrogen-bond acceptors (Lipinski definition) is 4. The van der Waals surface area contributed by atoms with Crippen molar-refractivity contribution in [2.45, 2.75) is 33.6 Å². The lowest BCUT2D eigenvalue weighted by molar-refractivity contribution is -0.384. The molecule has 1 atom stereocenters. The summed E-state index contributed by atoms with van der Waals surface area (Å²) in [5.74, 6) is 0.166. The van der Waals surface area contributed by atoms with Gasteiger partial charge in [0.2, 0.25) is 0 Å². The van der Waals surface area contributed by atoms with Gasteiger partial charge in [-0.15, -0.1) is 0 Å². The molecule has 6 nitrogen and oxygen atoms in total. The van der Waals surface area contributed by atoms with Crippen LogP contribution in [0.3, 0.4) is 0 Å². The zero-order chi connectivity index (χ0) is 19.6. The second-order valence-corrected chi connectivity index (χ2v) is 7.37. The third-order valence-electron chi connectivity index (χ3n) is 5.15. The lowest BCUT2D eigenvalue weighted by Crippen LogP contribution is -2.34. The Bertz CT molecular complexity index is 859. The molecular weight excluding hydrogens is 342 g/mol. The van der Waals surface area contributed by atoms with E-state index in [1.165, 1.54) is 6.07 Å². The number of aryl methyl sites for hydroxylation is 2. The normalized spacial score (nSPS) is 16.9. The number of carbonyl (C=O) groups is 1. The molecule has 2 aromatic rings. The number of nitrogens with zero attached hydrogens (tertiary/aromatic N) is 2. The molecule has 0 aliphatic carbocycles. The second kappa shape index (κ2) is 7.78. The van der Waals surface area contributed by atoms with E-state index in [9.17, 15) is 14.9 Å². The summed E-state index contributed by atoms with van der Waals surface area (Å²) in [5.41, 5.74) is 3.53. The highest BCUT2D eigenvalue weighted by atomic mass is 16.6. The summed E-state index contributed by atoms with van der Waals surface area (Å²) >= 11 is 0. The van der Waals surface area contributed by atoms with Crippen LogP contribution in [0.4, 0.5) is 17.1 Å². The first kappa shape index (κ1) is 18.9. The monoisotopic (exact) mass is 367 g/mol. The van der Waals surface area contributed by atoms with Crippen molar-refractivity contribution in [3.05, 3.63) is 63.2 Å². The minimum atomic E-state index is -0.398. The van der Waals surface area contributed by atoms with Gasteiger partial charge < -0.3 is 10.2 Å². The van der Waals surface area contributed by atoms with Gasteiger partial charge in [-0.1, -0.05) is 25.1 Å². The number of benzene rings is 2. The van der Waals surface area contributed by atoms with Crippen molar-refractivity contribution in [1.82, 2.24) is 0 Å². The van der Waals surface area contributed by atoms with Gasteiger partial charge in [0.1, 0.15) is 5.69 Å². The number of rotatable bonds is 4. The van der Waals surface area contributed by atoms with E-state index in [-0.39, 0.29) is 17.2 Å². The maximum absolute atomic E-state index is 12.7. The Labute approximate surface area is 159 Å². The van der Waals surface area contributed by atoms with E-state index in [1.54, 1.807) is 12.1 Å². The maximum Gasteiger partial charge on any atom is 0.293 e. The Kier molecular flexibility index (Phi) is 5.44. The molecule has 142 valence electrons. The molecule has 2 aromatic carbocycles. The minimum Gasteiger partial charge on any atom is -0.366 e. The molecule has 0 spiro atoms. The molecule has 1 aliphatic rings. The van der Waals surface area contributed by atoms with Gasteiger partial charge in [0.05, 0.1) is 4.92 Å². The number of amides is 1. The highest BCUT2D eigenvalue weighted by molar-refractivity contribution is 6.05. The van der Waals surface area contributed by atoms with Gasteiger partial charge >= 0.3 is 0 Å². The predicted octanol–water partition coefficient (Wildman–Crippen LogP) is 4.70. The highest BCUT2D eigenvalue weighted by Gasteiger charge is 2.25. The Morgan fingerprint density at radius 3 is 2.56 bits per heavy atom. The number of piperidine rings is 1. The molecule has 0 radical (unpaired) electrons. The van der Waals surface area contributed by atoms with E-state index >= 15 is 0 Å². The van der Waals surface area contributed by atoms with E-state index in [0.29, 0.717) is 11.6 Å². The van der Waals surface area contributed by atoms with Gasteiger partial charge in [-0.25, -0.2) is 0 Å². The Morgan fingerprint density at radius 1 is 1.22 bits per heavy atom. The van der Waals surface area contributed by atoms with Crippen LogP contribution in [0, 0.1) is 29.9 Å². The SMILES string of the molecule is Cc1cccc(C)c1NC(=O)c1ccc(N2CCCC(C)C2)c([N+](=O)[O-])c1. The van der Waals surface area contributed by atoms with Crippen molar-refractivity contribution < 1.29 is 9.72 Å². The highest BCUT2D eigenvalue weighted by Crippen LogP contribution is 2.33. The number of nitrogens with one attached hydrogen (secondary N) is 1. The lowest BCUT2D eigenvalue weighted by atomic mass is 9.99. The molecule has 1 amide bonds. The standard InChI is InChI=1S/C21H25N3O3/c1-14-6-5-11-23(13-14)18-10-9-17(12-19(18)24(26)27)21(25)22-20-15(2)7-4-8-16(20)3/h4,7-10,12,14H,5-6,11,13H2,1-3H3,(H,22,25). The zero-order valence-electron chi connectivity index (χ0n) is 16.0. The Hall–Kier alpha value is -2.89. The molecule has 1 aliphatic heterocycles. The fraction of sp³-hybridized carbons (Fsp3) is 0.381. The van der Waals surface area contributed by atoms with Gasteiger partial charge in [-0.05, 0) is 55.9 Å². The predicted molar refractivity (Wildman–Crippen MR) is 108 cm³/mol. The number of anilines is 2. The second-order valence-electron chi connectivity index (χ2n) is 7.37. The molecule has 0 aromatic heterocycles. The first-order valence-electron chi connectivity index (χ1n) is 9.27. The van der Waals surface area contributed by atoms with Crippen LogP contribution >= 0.6 is 0 Å². The van der Waals surface area contributed by atoms with Gasteiger partial charge in [0.15, 0.2) is 0 Å². The summed E-state index contributed by atoms with van der Waals surface area (Å²) in [4.78, 5) is 26.0. The molecule has 0 bridgehead atoms. The molecule has 1 N–H and O–H groups in total. The first-order valence-corrected chi connectivity index (χ1v) is 9.27. The molecule has 1 fully saturated rings. The Balaban J connectivity index is 1.89. The zero-order valence-corrected chi connectivity index (χ0v) is 16.0. The largest absolute Gasteiger partial charge is 0.366 e. The fourth-order valence-corrected chi connectivity index (χ4v) is 3.68. The van der Waals surface area contributed by atoms with Crippen molar-refractivity contribution >= 4 is 23.0 Å². The molecule has 27 heavy (non-hydrogen) atoms. The number of nitro groups is 1. The Morgan fingerprint density at radius 2 is 1.93 bits per heavy atom. The third-order valence-corrected chi connectivity index (χ3v) is 5.15. The topological polar surface area (TPSA) is 75.5 Å². The fourth-order valence-electron chi connectivity index (χ4n) is 3.68. The number of hydrogen-bond donors (Lipinski definition) is 1. The van der Waals surface area contributed by atoms with Gasteiger partial charge in [-0.2, -0.15) is 0 Å². The van der Waals surface area contributed by atoms with Gasteiger partial charge in [0.25, 0.3) is 11.6 Å². The molecule has 3 rings (SSSR count). The summed E-state index contributed by atoms with van der Waals surface area (Å²) in [7, 11) is 0. The summed E-state index contributed by atoms with van der Waals surface area (Å²) in [6.45, 7) is 7.61. The van der Waals surface area contributed by atoms with Crippen LogP contribution in [0.25, 0.3) is 0 Å². The van der Waals surface area contributed by atoms with Gasteiger partial charge in [-0.3, -0.25) is 14.9 Å². The summed E-state index contributed by atoms with van der Waals surface area (Å²) < 4.78 is 0. The molecule has 1 saturated heterocycles. The van der Waals surface area contributed by atoms with Crippen molar-refractivity contribution in [2.24, 2.45) is 5.92 Å². The van der Waals surface area contributed by atoms with E-state index in [4.69, 9.17) is 0 Å². The van der Waals surface area contributed by atoms with Crippen LogP contribution in [-0.4, -0.2) is 23.9 Å². The quantitative estimate of drug-likeness (QED) is 0.628. The minimum absolute atomic E-state index is 0.0155.